The van der Waals surface area contributed by atoms with Gasteiger partial charge in [-0.3, -0.25) is 9.59 Å². The standard InChI is InChI=1S/C32H43N3O5/c1-9-24-16-18-25(19-17-24)28(29(37)33-26-13-11-10-12-22(26)4)35(23(5)15-14-21(2)3)30(38)27(20-36)34-31(39)40-32(6,7)8/h1,10-13,16-19,21,23,27-28,36H,14-15,20H2,2-8H3,(H,33,37)(H,34,39). The summed E-state index contributed by atoms with van der Waals surface area (Å²) in [5.41, 5.74) is 1.86. The first kappa shape index (κ1) is 32.4. The summed E-state index contributed by atoms with van der Waals surface area (Å²) in [5.74, 6) is 1.90. The fourth-order valence-corrected chi connectivity index (χ4v) is 4.24. The van der Waals surface area contributed by atoms with Crippen molar-refractivity contribution in [2.24, 2.45) is 5.92 Å². The van der Waals surface area contributed by atoms with E-state index in [1.807, 2.05) is 32.0 Å². The van der Waals surface area contributed by atoms with Crippen molar-refractivity contribution in [2.75, 3.05) is 11.9 Å². The molecule has 0 aliphatic rings. The number of nitrogens with zero attached hydrogens (tertiary/aromatic N) is 1. The van der Waals surface area contributed by atoms with Crippen LogP contribution in [0.15, 0.2) is 48.5 Å². The van der Waals surface area contributed by atoms with E-state index in [-0.39, 0.29) is 0 Å². The minimum absolute atomic E-state index is 0.363. The molecule has 3 unspecified atom stereocenters. The van der Waals surface area contributed by atoms with Crippen molar-refractivity contribution < 1.29 is 24.2 Å². The van der Waals surface area contributed by atoms with Gasteiger partial charge in [0.2, 0.25) is 5.91 Å². The molecule has 0 heterocycles. The van der Waals surface area contributed by atoms with Crippen molar-refractivity contribution in [1.29, 1.82) is 0 Å². The molecule has 8 heteroatoms. The van der Waals surface area contributed by atoms with Crippen molar-refractivity contribution in [3.8, 4) is 12.3 Å². The van der Waals surface area contributed by atoms with Gasteiger partial charge in [-0.1, -0.05) is 50.1 Å². The van der Waals surface area contributed by atoms with Gasteiger partial charge < -0.3 is 25.4 Å². The minimum Gasteiger partial charge on any atom is -0.444 e. The molecule has 0 aromatic heterocycles. The van der Waals surface area contributed by atoms with Gasteiger partial charge in [0.05, 0.1) is 6.61 Å². The summed E-state index contributed by atoms with van der Waals surface area (Å²) in [6.07, 6.45) is 6.12. The van der Waals surface area contributed by atoms with Crippen LogP contribution >= 0.6 is 0 Å². The molecule has 3 atom stereocenters. The molecular weight excluding hydrogens is 506 g/mol. The Hall–Kier alpha value is -3.83. The van der Waals surface area contributed by atoms with Crippen LogP contribution in [0.3, 0.4) is 0 Å². The summed E-state index contributed by atoms with van der Waals surface area (Å²) in [4.78, 5) is 42.1. The van der Waals surface area contributed by atoms with Crippen molar-refractivity contribution in [2.45, 2.75) is 85.0 Å². The normalized spacial score (nSPS) is 13.5. The Labute approximate surface area is 238 Å². The van der Waals surface area contributed by atoms with E-state index in [9.17, 15) is 19.5 Å². The second-order valence-electron chi connectivity index (χ2n) is 11.4. The second-order valence-corrected chi connectivity index (χ2v) is 11.4. The number of amides is 3. The Bertz CT molecular complexity index is 1190. The Kier molecular flexibility index (Phi) is 11.8. The molecule has 0 saturated carbocycles. The maximum absolute atomic E-state index is 14.1. The highest BCUT2D eigenvalue weighted by atomic mass is 16.6. The van der Waals surface area contributed by atoms with E-state index in [2.05, 4.69) is 30.4 Å². The SMILES string of the molecule is C#Cc1ccc(C(C(=O)Nc2ccccc2C)N(C(=O)C(CO)NC(=O)OC(C)(C)C)C(C)CCC(C)C)cc1. The number of carbonyl (C=O) groups excluding carboxylic acids is 3. The fraction of sp³-hybridized carbons (Fsp3) is 0.469. The number of ether oxygens (including phenoxy) is 1. The van der Waals surface area contributed by atoms with Crippen LogP contribution in [-0.2, 0) is 14.3 Å². The second kappa shape index (κ2) is 14.5. The number of aliphatic hydroxyl groups is 1. The van der Waals surface area contributed by atoms with Crippen LogP contribution in [0.2, 0.25) is 0 Å². The zero-order valence-corrected chi connectivity index (χ0v) is 24.7. The highest BCUT2D eigenvalue weighted by Crippen LogP contribution is 2.29. The van der Waals surface area contributed by atoms with Crippen LogP contribution in [0.25, 0.3) is 0 Å². The zero-order valence-electron chi connectivity index (χ0n) is 24.7. The van der Waals surface area contributed by atoms with Gasteiger partial charge in [-0.25, -0.2) is 4.79 Å². The van der Waals surface area contributed by atoms with Gasteiger partial charge in [0.25, 0.3) is 5.91 Å². The van der Waals surface area contributed by atoms with Gasteiger partial charge in [-0.05, 0) is 82.7 Å². The van der Waals surface area contributed by atoms with Crippen LogP contribution in [0.4, 0.5) is 10.5 Å². The van der Waals surface area contributed by atoms with E-state index in [1.54, 1.807) is 51.1 Å². The molecule has 0 spiro atoms. The quantitative estimate of drug-likeness (QED) is 0.334. The third-order valence-electron chi connectivity index (χ3n) is 6.39. The van der Waals surface area contributed by atoms with Gasteiger partial charge in [0, 0.05) is 17.3 Å². The number of aliphatic hydroxyl groups excluding tert-OH is 1. The monoisotopic (exact) mass is 549 g/mol. The van der Waals surface area contributed by atoms with Crippen LogP contribution in [0.5, 0.6) is 0 Å². The maximum atomic E-state index is 14.1. The Morgan fingerprint density at radius 3 is 2.17 bits per heavy atom. The Balaban J connectivity index is 2.59. The summed E-state index contributed by atoms with van der Waals surface area (Å²) in [7, 11) is 0. The lowest BCUT2D eigenvalue weighted by molar-refractivity contribution is -0.144. The average Bonchev–Trinajstić information content (AvgIpc) is 2.88. The molecule has 2 aromatic carbocycles. The van der Waals surface area contributed by atoms with Gasteiger partial charge in [-0.15, -0.1) is 6.42 Å². The number of carbonyl (C=O) groups is 3. The van der Waals surface area contributed by atoms with Crippen molar-refractivity contribution in [3.63, 3.8) is 0 Å². The number of anilines is 1. The number of rotatable bonds is 11. The first-order valence-electron chi connectivity index (χ1n) is 13.6. The van der Waals surface area contributed by atoms with E-state index in [0.717, 1.165) is 12.0 Å². The number of aryl methyl sites for hydroxylation is 1. The highest BCUT2D eigenvalue weighted by molar-refractivity contribution is 5.99. The van der Waals surface area contributed by atoms with Crippen LogP contribution in [0, 0.1) is 25.2 Å². The molecule has 3 N–H and O–H groups in total. The molecule has 8 nitrogen and oxygen atoms in total. The number of para-hydroxylation sites is 1. The molecule has 216 valence electrons. The van der Waals surface area contributed by atoms with Crippen molar-refractivity contribution in [3.05, 3.63) is 65.2 Å². The summed E-state index contributed by atoms with van der Waals surface area (Å²) in [5, 5.41) is 15.6. The van der Waals surface area contributed by atoms with E-state index in [0.29, 0.717) is 29.2 Å². The highest BCUT2D eigenvalue weighted by Gasteiger charge is 2.39. The number of nitrogens with one attached hydrogen (secondary N) is 2. The molecule has 0 radical (unpaired) electrons. The minimum atomic E-state index is -1.32. The largest absolute Gasteiger partial charge is 0.444 e. The van der Waals surface area contributed by atoms with Crippen LogP contribution < -0.4 is 10.6 Å². The van der Waals surface area contributed by atoms with Crippen LogP contribution in [-0.4, -0.2) is 52.2 Å². The van der Waals surface area contributed by atoms with E-state index < -0.39 is 48.2 Å². The summed E-state index contributed by atoms with van der Waals surface area (Å²) in [6.45, 7) is 12.4. The van der Waals surface area contributed by atoms with Crippen molar-refractivity contribution >= 4 is 23.6 Å². The van der Waals surface area contributed by atoms with E-state index in [4.69, 9.17) is 11.2 Å². The van der Waals surface area contributed by atoms with Gasteiger partial charge in [0.15, 0.2) is 0 Å². The molecule has 0 aliphatic heterocycles. The smallest absolute Gasteiger partial charge is 0.408 e. The summed E-state index contributed by atoms with van der Waals surface area (Å²) in [6, 6.07) is 11.4. The average molecular weight is 550 g/mol. The third-order valence-corrected chi connectivity index (χ3v) is 6.39. The first-order valence-corrected chi connectivity index (χ1v) is 13.6. The fourth-order valence-electron chi connectivity index (χ4n) is 4.24. The molecule has 0 saturated heterocycles. The predicted octanol–water partition coefficient (Wildman–Crippen LogP) is 5.20. The van der Waals surface area contributed by atoms with Gasteiger partial charge in [0.1, 0.15) is 17.7 Å². The molecule has 0 fully saturated rings. The number of alkyl carbamates (subject to hydrolysis) is 1. The number of benzene rings is 2. The Morgan fingerprint density at radius 1 is 1.02 bits per heavy atom. The maximum Gasteiger partial charge on any atom is 0.408 e. The molecule has 2 rings (SSSR count). The number of terminal acetylenes is 1. The van der Waals surface area contributed by atoms with E-state index in [1.165, 1.54) is 4.90 Å². The predicted molar refractivity (Wildman–Crippen MR) is 158 cm³/mol. The topological polar surface area (TPSA) is 108 Å². The lowest BCUT2D eigenvalue weighted by atomic mass is 9.96. The Morgan fingerprint density at radius 2 is 1.65 bits per heavy atom. The van der Waals surface area contributed by atoms with Crippen LogP contribution in [0.1, 0.15) is 77.1 Å². The van der Waals surface area contributed by atoms with Gasteiger partial charge >= 0.3 is 6.09 Å². The first-order chi connectivity index (χ1) is 18.8. The molecule has 40 heavy (non-hydrogen) atoms. The molecule has 0 bridgehead atoms. The number of hydrogen-bond acceptors (Lipinski definition) is 5. The molecular formula is C32H43N3O5. The lowest BCUT2D eigenvalue weighted by Gasteiger charge is -2.38. The summed E-state index contributed by atoms with van der Waals surface area (Å²) >= 11 is 0. The third kappa shape index (κ3) is 9.42. The molecule has 2 aromatic rings. The zero-order chi connectivity index (χ0) is 30.0. The molecule has 0 aliphatic carbocycles. The molecule has 3 amide bonds. The van der Waals surface area contributed by atoms with Gasteiger partial charge in [-0.2, -0.15) is 0 Å². The number of hydrogen-bond donors (Lipinski definition) is 3. The summed E-state index contributed by atoms with van der Waals surface area (Å²) < 4.78 is 5.32. The lowest BCUT2D eigenvalue weighted by Crippen LogP contribution is -2.56. The van der Waals surface area contributed by atoms with E-state index >= 15 is 0 Å². The van der Waals surface area contributed by atoms with Crippen molar-refractivity contribution in [1.82, 2.24) is 10.2 Å².